The van der Waals surface area contributed by atoms with Crippen LogP contribution in [0, 0.1) is 0 Å². The van der Waals surface area contributed by atoms with Crippen LogP contribution >= 0.6 is 27.7 Å². The van der Waals surface area contributed by atoms with Gasteiger partial charge in [0, 0.05) is 4.47 Å². The summed E-state index contributed by atoms with van der Waals surface area (Å²) in [7, 11) is 1.34. The molecule has 1 aromatic carbocycles. The van der Waals surface area contributed by atoms with Crippen molar-refractivity contribution in [2.45, 2.75) is 25.1 Å². The molecular formula is C16H15BrN2O3S. The lowest BCUT2D eigenvalue weighted by Crippen LogP contribution is -2.40. The van der Waals surface area contributed by atoms with E-state index in [4.69, 9.17) is 4.74 Å². The van der Waals surface area contributed by atoms with E-state index in [9.17, 15) is 9.59 Å². The third-order valence-corrected chi connectivity index (χ3v) is 5.43. The molecule has 7 heteroatoms. The number of hydrogen-bond acceptors (Lipinski definition) is 5. The second kappa shape index (κ2) is 6.13. The maximum absolute atomic E-state index is 12.6. The topological polar surface area (TPSA) is 59.0 Å². The molecular weight excluding hydrogens is 380 g/mol. The maximum atomic E-state index is 12.6. The molecule has 2 atom stereocenters. The van der Waals surface area contributed by atoms with Gasteiger partial charge in [-0.1, -0.05) is 39.8 Å². The number of amides is 1. The zero-order valence-electron chi connectivity index (χ0n) is 12.9. The van der Waals surface area contributed by atoms with Crippen molar-refractivity contribution in [2.75, 3.05) is 7.11 Å². The average Bonchev–Trinajstić information content (AvgIpc) is 2.80. The first kappa shape index (κ1) is 16.3. The minimum atomic E-state index is -0.506. The summed E-state index contributed by atoms with van der Waals surface area (Å²) < 4.78 is 5.86. The van der Waals surface area contributed by atoms with Gasteiger partial charge in [-0.25, -0.2) is 9.79 Å². The monoisotopic (exact) mass is 394 g/mol. The largest absolute Gasteiger partial charge is 0.466 e. The molecule has 2 aliphatic rings. The van der Waals surface area contributed by atoms with Crippen molar-refractivity contribution in [2.24, 2.45) is 4.99 Å². The molecule has 2 aliphatic heterocycles. The van der Waals surface area contributed by atoms with Gasteiger partial charge < -0.3 is 4.74 Å². The van der Waals surface area contributed by atoms with Crippen LogP contribution in [0.15, 0.2) is 45.0 Å². The van der Waals surface area contributed by atoms with E-state index < -0.39 is 12.0 Å². The molecule has 0 aromatic heterocycles. The Balaban J connectivity index is 2.17. The summed E-state index contributed by atoms with van der Waals surface area (Å²) in [5.41, 5.74) is 1.84. The molecule has 1 saturated heterocycles. The van der Waals surface area contributed by atoms with Gasteiger partial charge in [0.2, 0.25) is 5.91 Å². The fourth-order valence-corrected chi connectivity index (χ4v) is 4.03. The third kappa shape index (κ3) is 2.72. The minimum Gasteiger partial charge on any atom is -0.466 e. The molecule has 1 aromatic rings. The maximum Gasteiger partial charge on any atom is 0.338 e. The standard InChI is InChI=1S/C16H15BrN2O3S/c1-8-12(15(21)22-3)13(10-4-6-11(17)7-5-10)19-14(20)9(2)23-16(19)18-8/h4-7,9,13H,1-3H3. The number of esters is 1. The molecule has 0 spiro atoms. The van der Waals surface area contributed by atoms with Crippen LogP contribution in [0.3, 0.4) is 0 Å². The van der Waals surface area contributed by atoms with E-state index in [0.29, 0.717) is 16.4 Å². The van der Waals surface area contributed by atoms with Crippen molar-refractivity contribution in [3.8, 4) is 0 Å². The fraction of sp³-hybridized carbons (Fsp3) is 0.312. The highest BCUT2D eigenvalue weighted by atomic mass is 79.9. The second-order valence-corrected chi connectivity index (χ2v) is 7.53. The normalized spacial score (nSPS) is 23.7. The number of nitrogens with zero attached hydrogens (tertiary/aromatic N) is 2. The molecule has 0 aliphatic carbocycles. The van der Waals surface area contributed by atoms with E-state index in [1.54, 1.807) is 11.8 Å². The summed E-state index contributed by atoms with van der Waals surface area (Å²) in [4.78, 5) is 30.9. The van der Waals surface area contributed by atoms with Crippen molar-refractivity contribution in [3.63, 3.8) is 0 Å². The van der Waals surface area contributed by atoms with E-state index in [1.807, 2.05) is 31.2 Å². The highest BCUT2D eigenvalue weighted by Gasteiger charge is 2.46. The number of carbonyl (C=O) groups is 2. The first-order valence-electron chi connectivity index (χ1n) is 7.07. The number of allylic oxidation sites excluding steroid dienone is 1. The molecule has 0 radical (unpaired) electrons. The summed E-state index contributed by atoms with van der Waals surface area (Å²) in [6.45, 7) is 3.62. The van der Waals surface area contributed by atoms with Crippen molar-refractivity contribution < 1.29 is 14.3 Å². The van der Waals surface area contributed by atoms with Gasteiger partial charge in [-0.2, -0.15) is 0 Å². The van der Waals surface area contributed by atoms with Gasteiger partial charge in [-0.3, -0.25) is 9.69 Å². The smallest absolute Gasteiger partial charge is 0.338 e. The summed E-state index contributed by atoms with van der Waals surface area (Å²) >= 11 is 4.82. The lowest BCUT2D eigenvalue weighted by Gasteiger charge is -2.32. The number of aliphatic imine (C=N–C) groups is 1. The Morgan fingerprint density at radius 1 is 1.35 bits per heavy atom. The minimum absolute atomic E-state index is 0.0458. The van der Waals surface area contributed by atoms with E-state index in [2.05, 4.69) is 20.9 Å². The first-order chi connectivity index (χ1) is 10.9. The Hall–Kier alpha value is -1.60. The number of ether oxygens (including phenoxy) is 1. The number of carbonyl (C=O) groups excluding carboxylic acids is 2. The summed E-state index contributed by atoms with van der Waals surface area (Å²) in [5.74, 6) is -0.508. The number of amidine groups is 1. The molecule has 3 rings (SSSR count). The predicted octanol–water partition coefficient (Wildman–Crippen LogP) is 3.27. The van der Waals surface area contributed by atoms with E-state index >= 15 is 0 Å². The first-order valence-corrected chi connectivity index (χ1v) is 8.74. The van der Waals surface area contributed by atoms with Gasteiger partial charge >= 0.3 is 5.97 Å². The summed E-state index contributed by atoms with van der Waals surface area (Å²) in [6, 6.07) is 7.07. The molecule has 120 valence electrons. The number of methoxy groups -OCH3 is 1. The fourth-order valence-electron chi connectivity index (χ4n) is 2.73. The number of benzene rings is 1. The van der Waals surface area contributed by atoms with Crippen LogP contribution in [0.2, 0.25) is 0 Å². The Kier molecular flexibility index (Phi) is 4.33. The zero-order chi connectivity index (χ0) is 16.7. The molecule has 0 bridgehead atoms. The molecule has 5 nitrogen and oxygen atoms in total. The third-order valence-electron chi connectivity index (χ3n) is 3.85. The Morgan fingerprint density at radius 3 is 2.61 bits per heavy atom. The van der Waals surface area contributed by atoms with Crippen LogP contribution < -0.4 is 0 Å². The number of fused-ring (bicyclic) bond motifs is 1. The lowest BCUT2D eigenvalue weighted by atomic mass is 9.94. The predicted molar refractivity (Wildman–Crippen MR) is 92.9 cm³/mol. The quantitative estimate of drug-likeness (QED) is 0.722. The number of halogens is 1. The molecule has 1 amide bonds. The molecule has 0 N–H and O–H groups in total. The molecule has 2 unspecified atom stereocenters. The van der Waals surface area contributed by atoms with Crippen molar-refractivity contribution >= 4 is 44.7 Å². The van der Waals surface area contributed by atoms with E-state index in [1.165, 1.54) is 18.9 Å². The van der Waals surface area contributed by atoms with Gasteiger partial charge in [0.15, 0.2) is 5.17 Å². The summed E-state index contributed by atoms with van der Waals surface area (Å²) in [5, 5.41) is 0.428. The van der Waals surface area contributed by atoms with Crippen LogP contribution in [0.1, 0.15) is 25.5 Å². The Labute approximate surface area is 146 Å². The van der Waals surface area contributed by atoms with Gasteiger partial charge in [0.05, 0.1) is 29.7 Å². The number of hydrogen-bond donors (Lipinski definition) is 0. The van der Waals surface area contributed by atoms with Gasteiger partial charge in [-0.15, -0.1) is 0 Å². The average molecular weight is 395 g/mol. The van der Waals surface area contributed by atoms with Crippen LogP contribution in [0.25, 0.3) is 0 Å². The van der Waals surface area contributed by atoms with Crippen molar-refractivity contribution in [3.05, 3.63) is 45.6 Å². The molecule has 1 fully saturated rings. The highest BCUT2D eigenvalue weighted by molar-refractivity contribution is 9.10. The molecule has 23 heavy (non-hydrogen) atoms. The van der Waals surface area contributed by atoms with Crippen LogP contribution in [-0.4, -0.2) is 34.3 Å². The van der Waals surface area contributed by atoms with Crippen molar-refractivity contribution in [1.29, 1.82) is 0 Å². The summed E-state index contributed by atoms with van der Waals surface area (Å²) in [6.07, 6.45) is 0. The van der Waals surface area contributed by atoms with E-state index in [0.717, 1.165) is 10.0 Å². The SMILES string of the molecule is COC(=O)C1=C(C)N=C2SC(C)C(=O)N2C1c1ccc(Br)cc1. The van der Waals surface area contributed by atoms with Crippen LogP contribution in [0.5, 0.6) is 0 Å². The van der Waals surface area contributed by atoms with Crippen LogP contribution in [0.4, 0.5) is 0 Å². The second-order valence-electron chi connectivity index (χ2n) is 5.31. The number of thioether (sulfide) groups is 1. The van der Waals surface area contributed by atoms with Gasteiger partial charge in [0.25, 0.3) is 0 Å². The number of rotatable bonds is 2. The highest BCUT2D eigenvalue weighted by Crippen LogP contribution is 2.43. The Bertz CT molecular complexity index is 742. The van der Waals surface area contributed by atoms with Gasteiger partial charge in [0.1, 0.15) is 0 Å². The van der Waals surface area contributed by atoms with Crippen LogP contribution in [-0.2, 0) is 14.3 Å². The van der Waals surface area contributed by atoms with Gasteiger partial charge in [-0.05, 0) is 31.5 Å². The Morgan fingerprint density at radius 2 is 2.00 bits per heavy atom. The van der Waals surface area contributed by atoms with E-state index in [-0.39, 0.29) is 11.2 Å². The van der Waals surface area contributed by atoms with Crippen molar-refractivity contribution in [1.82, 2.24) is 4.90 Å². The molecule has 0 saturated carbocycles. The zero-order valence-corrected chi connectivity index (χ0v) is 15.3. The molecule has 2 heterocycles. The lowest BCUT2D eigenvalue weighted by molar-refractivity contribution is -0.137.